The molecule has 19 heavy (non-hydrogen) atoms. The second-order valence-corrected chi connectivity index (χ2v) is 6.88. The number of hydrogen-bond acceptors (Lipinski definition) is 3. The number of aromatic nitrogens is 2. The molecule has 102 valence electrons. The van der Waals surface area contributed by atoms with Crippen LogP contribution < -0.4 is 0 Å². The van der Waals surface area contributed by atoms with E-state index < -0.39 is 14.9 Å². The molecule has 0 amide bonds. The van der Waals surface area contributed by atoms with Gasteiger partial charge in [-0.2, -0.15) is 0 Å². The summed E-state index contributed by atoms with van der Waals surface area (Å²) in [6.45, 7) is 1.76. The molecule has 0 radical (unpaired) electrons. The van der Waals surface area contributed by atoms with E-state index in [9.17, 15) is 12.8 Å². The number of halogens is 3. The first-order valence-corrected chi connectivity index (χ1v) is 7.88. The molecule has 0 aliphatic heterocycles. The van der Waals surface area contributed by atoms with Crippen LogP contribution in [0.5, 0.6) is 0 Å². The van der Waals surface area contributed by atoms with E-state index in [4.69, 9.17) is 22.3 Å². The third-order valence-electron chi connectivity index (χ3n) is 2.56. The second-order valence-electron chi connectivity index (χ2n) is 3.93. The van der Waals surface area contributed by atoms with Gasteiger partial charge < -0.3 is 4.57 Å². The van der Waals surface area contributed by atoms with Gasteiger partial charge in [0.05, 0.1) is 6.54 Å². The summed E-state index contributed by atoms with van der Waals surface area (Å²) < 4.78 is 37.5. The van der Waals surface area contributed by atoms with Gasteiger partial charge in [0, 0.05) is 27.5 Å². The highest BCUT2D eigenvalue weighted by Crippen LogP contribution is 2.18. The van der Waals surface area contributed by atoms with Gasteiger partial charge in [-0.3, -0.25) is 0 Å². The van der Waals surface area contributed by atoms with Gasteiger partial charge in [0.2, 0.25) is 0 Å². The van der Waals surface area contributed by atoms with E-state index >= 15 is 0 Å². The third-order valence-corrected chi connectivity index (χ3v) is 3.97. The lowest BCUT2D eigenvalue weighted by Gasteiger charge is -2.06. The fourth-order valence-corrected chi connectivity index (χ4v) is 2.47. The molecule has 0 N–H and O–H groups in total. The number of nitrogens with zero attached hydrogens (tertiary/aromatic N) is 2. The first-order chi connectivity index (χ1) is 8.77. The van der Waals surface area contributed by atoms with Crippen molar-refractivity contribution >= 4 is 31.3 Å². The molecule has 0 aliphatic rings. The van der Waals surface area contributed by atoms with Crippen LogP contribution in [0.2, 0.25) is 5.02 Å². The fourth-order valence-electron chi connectivity index (χ4n) is 1.59. The molecule has 4 nitrogen and oxygen atoms in total. The van der Waals surface area contributed by atoms with Crippen LogP contribution in [0.1, 0.15) is 11.4 Å². The predicted octanol–water partition coefficient (Wildman–Crippen LogP) is 2.96. The van der Waals surface area contributed by atoms with Crippen molar-refractivity contribution < 1.29 is 12.8 Å². The zero-order chi connectivity index (χ0) is 14.2. The Morgan fingerprint density at radius 1 is 1.42 bits per heavy atom. The molecule has 1 aromatic heterocycles. The highest BCUT2D eigenvalue weighted by atomic mass is 35.7. The number of benzene rings is 1. The minimum absolute atomic E-state index is 0.147. The zero-order valence-electron chi connectivity index (χ0n) is 9.77. The molecule has 0 spiro atoms. The maximum absolute atomic E-state index is 13.6. The molecule has 1 heterocycles. The average molecular weight is 323 g/mol. The highest BCUT2D eigenvalue weighted by Gasteiger charge is 2.16. The lowest BCUT2D eigenvalue weighted by molar-refractivity contribution is 0.597. The Labute approximate surface area is 119 Å². The Bertz CT molecular complexity index is 728. The maximum Gasteiger partial charge on any atom is 0.280 e. The van der Waals surface area contributed by atoms with Gasteiger partial charge in [-0.05, 0) is 19.1 Å². The summed E-state index contributed by atoms with van der Waals surface area (Å²) in [6.07, 6.45) is 1.27. The molecule has 0 aliphatic carbocycles. The van der Waals surface area contributed by atoms with Crippen molar-refractivity contribution in [2.24, 2.45) is 0 Å². The van der Waals surface area contributed by atoms with E-state index in [0.717, 1.165) is 0 Å². The van der Waals surface area contributed by atoms with Gasteiger partial charge in [0.15, 0.2) is 5.03 Å². The van der Waals surface area contributed by atoms with E-state index in [-0.39, 0.29) is 11.6 Å². The summed E-state index contributed by atoms with van der Waals surface area (Å²) in [7, 11) is 1.32. The number of imidazole rings is 1. The molecule has 0 fully saturated rings. The Hall–Kier alpha value is -1.11. The lowest BCUT2D eigenvalue weighted by atomic mass is 10.2. The van der Waals surface area contributed by atoms with Crippen LogP contribution in [-0.2, 0) is 15.6 Å². The van der Waals surface area contributed by atoms with Gasteiger partial charge in [-0.15, -0.1) is 0 Å². The molecule has 0 saturated heterocycles. The quantitative estimate of drug-likeness (QED) is 0.816. The molecule has 0 bridgehead atoms. The van der Waals surface area contributed by atoms with E-state index in [2.05, 4.69) is 4.98 Å². The molecule has 0 unspecified atom stereocenters. The fraction of sp³-hybridized carbons (Fsp3) is 0.182. The summed E-state index contributed by atoms with van der Waals surface area (Å²) in [5.74, 6) is -0.0375. The SMILES string of the molecule is Cc1nc(S(=O)(=O)Cl)cn1Cc1ccc(Cl)cc1F. The zero-order valence-corrected chi connectivity index (χ0v) is 12.1. The first kappa shape index (κ1) is 14.3. The largest absolute Gasteiger partial charge is 0.329 e. The number of aryl methyl sites for hydroxylation is 1. The summed E-state index contributed by atoms with van der Waals surface area (Å²) in [5.41, 5.74) is 0.378. The van der Waals surface area contributed by atoms with Crippen LogP contribution in [0, 0.1) is 12.7 Å². The molecular weight excluding hydrogens is 314 g/mol. The van der Waals surface area contributed by atoms with Crippen molar-refractivity contribution in [1.82, 2.24) is 9.55 Å². The van der Waals surface area contributed by atoms with Gasteiger partial charge in [-0.25, -0.2) is 17.8 Å². The van der Waals surface area contributed by atoms with Crippen molar-refractivity contribution in [1.29, 1.82) is 0 Å². The van der Waals surface area contributed by atoms with Crippen molar-refractivity contribution in [3.05, 3.63) is 46.6 Å². The topological polar surface area (TPSA) is 52.0 Å². The summed E-state index contributed by atoms with van der Waals surface area (Å²) >= 11 is 5.66. The second kappa shape index (κ2) is 5.11. The summed E-state index contributed by atoms with van der Waals surface area (Å²) in [5, 5.41) is 0.0497. The Balaban J connectivity index is 2.36. The van der Waals surface area contributed by atoms with E-state index in [1.807, 2.05) is 0 Å². The third kappa shape index (κ3) is 3.26. The molecule has 2 rings (SSSR count). The van der Waals surface area contributed by atoms with Crippen LogP contribution in [0.3, 0.4) is 0 Å². The van der Waals surface area contributed by atoms with Gasteiger partial charge in [0.1, 0.15) is 11.6 Å². The summed E-state index contributed by atoms with van der Waals surface area (Å²) in [4.78, 5) is 3.82. The van der Waals surface area contributed by atoms with Crippen LogP contribution in [-0.4, -0.2) is 18.0 Å². The smallest absolute Gasteiger partial charge is 0.280 e. The minimum Gasteiger partial charge on any atom is -0.329 e. The first-order valence-electron chi connectivity index (χ1n) is 5.20. The van der Waals surface area contributed by atoms with E-state index in [1.54, 1.807) is 13.0 Å². The highest BCUT2D eigenvalue weighted by molar-refractivity contribution is 8.13. The molecular formula is C11H9Cl2FN2O2S. The number of rotatable bonds is 3. The van der Waals surface area contributed by atoms with E-state index in [1.165, 1.54) is 22.9 Å². The molecule has 0 atom stereocenters. The molecule has 8 heteroatoms. The van der Waals surface area contributed by atoms with Crippen molar-refractivity contribution in [3.63, 3.8) is 0 Å². The van der Waals surface area contributed by atoms with Crippen molar-refractivity contribution in [2.75, 3.05) is 0 Å². The average Bonchev–Trinajstić information content (AvgIpc) is 2.64. The molecule has 1 aromatic carbocycles. The van der Waals surface area contributed by atoms with Crippen LogP contribution in [0.4, 0.5) is 4.39 Å². The monoisotopic (exact) mass is 322 g/mol. The lowest BCUT2D eigenvalue weighted by Crippen LogP contribution is -2.02. The van der Waals surface area contributed by atoms with Crippen LogP contribution in [0.25, 0.3) is 0 Å². The maximum atomic E-state index is 13.6. The van der Waals surface area contributed by atoms with Crippen molar-refractivity contribution in [3.8, 4) is 0 Å². The molecule has 0 saturated carbocycles. The Kier molecular flexibility index (Phi) is 3.85. The van der Waals surface area contributed by atoms with Crippen molar-refractivity contribution in [2.45, 2.75) is 18.5 Å². The normalized spacial score (nSPS) is 11.8. The minimum atomic E-state index is -3.89. The van der Waals surface area contributed by atoms with Gasteiger partial charge in [0.25, 0.3) is 9.05 Å². The van der Waals surface area contributed by atoms with Crippen LogP contribution in [0.15, 0.2) is 29.4 Å². The standard InChI is InChI=1S/C11H9Cl2FN2O2S/c1-7-15-11(19(13,17)18)6-16(7)5-8-2-3-9(12)4-10(8)14/h2-4,6H,5H2,1H3. The summed E-state index contributed by atoms with van der Waals surface area (Å²) in [6, 6.07) is 4.29. The van der Waals surface area contributed by atoms with Gasteiger partial charge in [-0.1, -0.05) is 17.7 Å². The van der Waals surface area contributed by atoms with Gasteiger partial charge >= 0.3 is 0 Å². The van der Waals surface area contributed by atoms with E-state index in [0.29, 0.717) is 16.4 Å². The number of hydrogen-bond donors (Lipinski definition) is 0. The molecule has 2 aromatic rings. The Morgan fingerprint density at radius 3 is 2.63 bits per heavy atom. The van der Waals surface area contributed by atoms with Crippen LogP contribution >= 0.6 is 22.3 Å². The predicted molar refractivity (Wildman–Crippen MR) is 70.5 cm³/mol. The Morgan fingerprint density at radius 2 is 2.11 bits per heavy atom.